The van der Waals surface area contributed by atoms with Gasteiger partial charge in [-0.3, -0.25) is 0 Å². The van der Waals surface area contributed by atoms with Crippen molar-refractivity contribution in [2.45, 2.75) is 31.7 Å². The Morgan fingerprint density at radius 2 is 2.15 bits per heavy atom. The lowest BCUT2D eigenvalue weighted by Gasteiger charge is -2.11. The summed E-state index contributed by atoms with van der Waals surface area (Å²) >= 11 is 0. The molecule has 4 rings (SSSR count). The maximum absolute atomic E-state index is 14.1. The molecule has 1 heterocycles. The average Bonchev–Trinajstić information content (AvgIpc) is 2.99. The summed E-state index contributed by atoms with van der Waals surface area (Å²) in [6.45, 7) is 1.90. The van der Waals surface area contributed by atoms with Crippen LogP contribution in [0.2, 0.25) is 0 Å². The molecule has 0 bridgehead atoms. The largest absolute Gasteiger partial charge is 0.364 e. The number of hydrogen-bond acceptors (Lipinski definition) is 3. The van der Waals surface area contributed by atoms with E-state index in [4.69, 9.17) is 0 Å². The van der Waals surface area contributed by atoms with Gasteiger partial charge in [0.2, 0.25) is 0 Å². The first-order chi connectivity index (χ1) is 9.79. The Morgan fingerprint density at radius 3 is 3.00 bits per heavy atom. The maximum atomic E-state index is 14.1. The zero-order valence-corrected chi connectivity index (χ0v) is 11.3. The van der Waals surface area contributed by atoms with E-state index < -0.39 is 0 Å². The van der Waals surface area contributed by atoms with Crippen molar-refractivity contribution in [1.82, 2.24) is 9.97 Å². The van der Waals surface area contributed by atoms with Crippen molar-refractivity contribution >= 4 is 5.82 Å². The average molecular weight is 269 g/mol. The number of anilines is 1. The van der Waals surface area contributed by atoms with Gasteiger partial charge in [0.25, 0.3) is 0 Å². The molecule has 1 aromatic carbocycles. The maximum Gasteiger partial charge on any atom is 0.186 e. The van der Waals surface area contributed by atoms with Gasteiger partial charge in [-0.2, -0.15) is 0 Å². The predicted octanol–water partition coefficient (Wildman–Crippen LogP) is 2.93. The second kappa shape index (κ2) is 4.27. The lowest BCUT2D eigenvalue weighted by Crippen LogP contribution is -2.13. The van der Waals surface area contributed by atoms with E-state index in [0.29, 0.717) is 35.8 Å². The summed E-state index contributed by atoms with van der Waals surface area (Å²) in [4.78, 5) is 8.02. The number of hydrogen-bond donors (Lipinski definition) is 1. The van der Waals surface area contributed by atoms with E-state index >= 15 is 0 Å². The van der Waals surface area contributed by atoms with Crippen LogP contribution in [0.4, 0.5) is 10.2 Å². The third-order valence-corrected chi connectivity index (χ3v) is 4.54. The second-order valence-electron chi connectivity index (χ2n) is 5.60. The van der Waals surface area contributed by atoms with Crippen LogP contribution in [0.3, 0.4) is 0 Å². The molecule has 0 amide bonds. The fourth-order valence-corrected chi connectivity index (χ4v) is 3.46. The van der Waals surface area contributed by atoms with Gasteiger partial charge in [-0.25, -0.2) is 14.4 Å². The zero-order valence-electron chi connectivity index (χ0n) is 11.3. The molecule has 3 unspecified atom stereocenters. The number of rotatable bonds is 3. The minimum Gasteiger partial charge on any atom is -0.364 e. The SMILES string of the molecule is CCc1ncnc(NC2C3Cc4ccccc4C32)c1F. The Labute approximate surface area is 117 Å². The molecule has 3 atom stereocenters. The van der Waals surface area contributed by atoms with Gasteiger partial charge in [0.1, 0.15) is 6.33 Å². The fraction of sp³-hybridized carbons (Fsp3) is 0.375. The Balaban J connectivity index is 1.57. The lowest BCUT2D eigenvalue weighted by atomic mass is 10.1. The smallest absolute Gasteiger partial charge is 0.186 e. The molecule has 1 saturated carbocycles. The van der Waals surface area contributed by atoms with Crippen molar-refractivity contribution < 1.29 is 4.39 Å². The zero-order chi connectivity index (χ0) is 13.7. The Morgan fingerprint density at radius 1 is 1.30 bits per heavy atom. The number of nitrogens with zero attached hydrogens (tertiary/aromatic N) is 2. The third kappa shape index (κ3) is 1.64. The minimum absolute atomic E-state index is 0.298. The molecule has 0 radical (unpaired) electrons. The molecular formula is C16H16FN3. The molecule has 1 aromatic heterocycles. The van der Waals surface area contributed by atoms with Crippen molar-refractivity contribution in [1.29, 1.82) is 0 Å². The summed E-state index contributed by atoms with van der Waals surface area (Å²) in [5.74, 6) is 1.17. The molecule has 1 fully saturated rings. The molecular weight excluding hydrogens is 253 g/mol. The molecule has 0 spiro atoms. The third-order valence-electron chi connectivity index (χ3n) is 4.54. The van der Waals surface area contributed by atoms with Crippen molar-refractivity contribution in [3.8, 4) is 0 Å². The normalized spacial score (nSPS) is 26.0. The van der Waals surface area contributed by atoms with Crippen molar-refractivity contribution in [2.75, 3.05) is 5.32 Å². The van der Waals surface area contributed by atoms with Gasteiger partial charge in [-0.05, 0) is 29.9 Å². The van der Waals surface area contributed by atoms with Crippen LogP contribution in [-0.2, 0) is 12.8 Å². The number of benzene rings is 1. The first-order valence-corrected chi connectivity index (χ1v) is 7.13. The van der Waals surface area contributed by atoms with E-state index in [2.05, 4.69) is 39.6 Å². The van der Waals surface area contributed by atoms with Gasteiger partial charge in [-0.15, -0.1) is 0 Å². The molecule has 4 heteroatoms. The summed E-state index contributed by atoms with van der Waals surface area (Å²) in [5.41, 5.74) is 3.34. The standard InChI is InChI=1S/C16H16FN3/c1-2-12-14(17)16(19-8-18-12)20-15-11-7-9-5-3-4-6-10(9)13(11)15/h3-6,8,11,13,15H,2,7H2,1H3,(H,18,19,20). The van der Waals surface area contributed by atoms with Crippen LogP contribution >= 0.6 is 0 Å². The highest BCUT2D eigenvalue weighted by molar-refractivity contribution is 5.51. The summed E-state index contributed by atoms with van der Waals surface area (Å²) in [6.07, 6.45) is 3.12. The van der Waals surface area contributed by atoms with Gasteiger partial charge < -0.3 is 5.32 Å². The van der Waals surface area contributed by atoms with Crippen LogP contribution in [0.5, 0.6) is 0 Å². The highest BCUT2D eigenvalue weighted by Crippen LogP contribution is 2.57. The van der Waals surface area contributed by atoms with Gasteiger partial charge in [0.15, 0.2) is 11.6 Å². The Bertz CT molecular complexity index is 671. The molecule has 2 aliphatic rings. The minimum atomic E-state index is -0.298. The fourth-order valence-electron chi connectivity index (χ4n) is 3.46. The van der Waals surface area contributed by atoms with E-state index in [1.54, 1.807) is 0 Å². The Hall–Kier alpha value is -1.97. The lowest BCUT2D eigenvalue weighted by molar-refractivity contribution is 0.595. The monoisotopic (exact) mass is 269 g/mol. The quantitative estimate of drug-likeness (QED) is 0.931. The van der Waals surface area contributed by atoms with E-state index in [9.17, 15) is 4.39 Å². The highest BCUT2D eigenvalue weighted by atomic mass is 19.1. The predicted molar refractivity (Wildman–Crippen MR) is 75.2 cm³/mol. The molecule has 2 aromatic rings. The van der Waals surface area contributed by atoms with Crippen LogP contribution in [0, 0.1) is 11.7 Å². The Kier molecular flexibility index (Phi) is 2.52. The topological polar surface area (TPSA) is 37.8 Å². The summed E-state index contributed by atoms with van der Waals surface area (Å²) < 4.78 is 14.1. The van der Waals surface area contributed by atoms with Gasteiger partial charge >= 0.3 is 0 Å². The second-order valence-corrected chi connectivity index (χ2v) is 5.60. The summed E-state index contributed by atoms with van der Waals surface area (Å²) in [6, 6.07) is 8.87. The highest BCUT2D eigenvalue weighted by Gasteiger charge is 2.55. The van der Waals surface area contributed by atoms with E-state index in [0.717, 1.165) is 6.42 Å². The molecule has 0 saturated heterocycles. The molecule has 0 aliphatic heterocycles. The van der Waals surface area contributed by atoms with Crippen LogP contribution in [-0.4, -0.2) is 16.0 Å². The number of halogens is 1. The van der Waals surface area contributed by atoms with E-state index in [-0.39, 0.29) is 5.82 Å². The summed E-state index contributed by atoms with van der Waals surface area (Å²) in [5, 5.41) is 3.28. The first kappa shape index (κ1) is 11.8. The van der Waals surface area contributed by atoms with Crippen LogP contribution in [0.1, 0.15) is 29.7 Å². The number of fused-ring (bicyclic) bond motifs is 3. The van der Waals surface area contributed by atoms with Gasteiger partial charge in [-0.1, -0.05) is 31.2 Å². The molecule has 2 aliphatic carbocycles. The van der Waals surface area contributed by atoms with Crippen LogP contribution < -0.4 is 5.32 Å². The number of aryl methyl sites for hydroxylation is 1. The van der Waals surface area contributed by atoms with Gasteiger partial charge in [0, 0.05) is 12.0 Å². The van der Waals surface area contributed by atoms with Gasteiger partial charge in [0.05, 0.1) is 5.69 Å². The number of aromatic nitrogens is 2. The van der Waals surface area contributed by atoms with Crippen LogP contribution in [0.25, 0.3) is 0 Å². The molecule has 3 nitrogen and oxygen atoms in total. The van der Waals surface area contributed by atoms with Crippen LogP contribution in [0.15, 0.2) is 30.6 Å². The summed E-state index contributed by atoms with van der Waals surface area (Å²) in [7, 11) is 0. The molecule has 102 valence electrons. The van der Waals surface area contributed by atoms with Crippen molar-refractivity contribution in [3.63, 3.8) is 0 Å². The van der Waals surface area contributed by atoms with E-state index in [1.165, 1.54) is 17.5 Å². The van der Waals surface area contributed by atoms with Crippen molar-refractivity contribution in [2.24, 2.45) is 5.92 Å². The first-order valence-electron chi connectivity index (χ1n) is 7.13. The molecule has 20 heavy (non-hydrogen) atoms. The van der Waals surface area contributed by atoms with E-state index in [1.807, 2.05) is 6.92 Å². The molecule has 1 N–H and O–H groups in total. The number of nitrogens with one attached hydrogen (secondary N) is 1. The van der Waals surface area contributed by atoms with Crippen molar-refractivity contribution in [3.05, 3.63) is 53.2 Å².